The standard InChI is InChI=1S/C10H10BrF4NO/c11-7-2-1-3-8(12)9(7)16-4-5-17-6-10(13,14)15/h1-3,16H,4-6H2. The van der Waals surface area contributed by atoms with E-state index in [4.69, 9.17) is 0 Å². The molecule has 0 unspecified atom stereocenters. The Labute approximate surface area is 104 Å². The van der Waals surface area contributed by atoms with Crippen LogP contribution in [0.1, 0.15) is 0 Å². The lowest BCUT2D eigenvalue weighted by Gasteiger charge is -2.11. The van der Waals surface area contributed by atoms with Gasteiger partial charge in [-0.15, -0.1) is 0 Å². The van der Waals surface area contributed by atoms with Gasteiger partial charge in [0.15, 0.2) is 0 Å². The van der Waals surface area contributed by atoms with E-state index in [-0.39, 0.29) is 18.8 Å². The first-order valence-corrected chi connectivity index (χ1v) is 5.52. The number of ether oxygens (including phenoxy) is 1. The molecule has 1 aromatic carbocycles. The molecule has 0 aliphatic heterocycles. The van der Waals surface area contributed by atoms with Crippen molar-refractivity contribution in [3.05, 3.63) is 28.5 Å². The highest BCUT2D eigenvalue weighted by Crippen LogP contribution is 2.24. The maximum absolute atomic E-state index is 13.2. The van der Waals surface area contributed by atoms with Gasteiger partial charge in [0.05, 0.1) is 12.3 Å². The summed E-state index contributed by atoms with van der Waals surface area (Å²) in [5, 5.41) is 2.65. The van der Waals surface area contributed by atoms with Crippen LogP contribution < -0.4 is 5.32 Å². The average molecular weight is 316 g/mol. The molecule has 2 nitrogen and oxygen atoms in total. The predicted octanol–water partition coefficient (Wildman–Crippen LogP) is 3.58. The largest absolute Gasteiger partial charge is 0.411 e. The molecule has 1 rings (SSSR count). The normalized spacial score (nSPS) is 11.6. The third kappa shape index (κ3) is 5.36. The van der Waals surface area contributed by atoms with Crippen molar-refractivity contribution >= 4 is 21.6 Å². The molecule has 17 heavy (non-hydrogen) atoms. The number of hydrogen-bond acceptors (Lipinski definition) is 2. The summed E-state index contributed by atoms with van der Waals surface area (Å²) in [6, 6.07) is 4.40. The van der Waals surface area contributed by atoms with Gasteiger partial charge >= 0.3 is 6.18 Å². The molecule has 0 heterocycles. The predicted molar refractivity (Wildman–Crippen MR) is 59.5 cm³/mol. The molecular weight excluding hydrogens is 306 g/mol. The van der Waals surface area contributed by atoms with Crippen molar-refractivity contribution in [3.8, 4) is 0 Å². The van der Waals surface area contributed by atoms with Crippen molar-refractivity contribution in [2.75, 3.05) is 25.1 Å². The Kier molecular flexibility index (Phi) is 5.20. The number of rotatable bonds is 5. The van der Waals surface area contributed by atoms with Gasteiger partial charge in [0.25, 0.3) is 0 Å². The van der Waals surface area contributed by atoms with E-state index in [1.165, 1.54) is 12.1 Å². The lowest BCUT2D eigenvalue weighted by molar-refractivity contribution is -0.172. The highest BCUT2D eigenvalue weighted by atomic mass is 79.9. The van der Waals surface area contributed by atoms with Crippen molar-refractivity contribution in [1.82, 2.24) is 0 Å². The second-order valence-electron chi connectivity index (χ2n) is 3.19. The Balaban J connectivity index is 2.32. The van der Waals surface area contributed by atoms with Gasteiger partial charge in [-0.2, -0.15) is 13.2 Å². The summed E-state index contributed by atoms with van der Waals surface area (Å²) in [6.07, 6.45) is -4.33. The Morgan fingerprint density at radius 3 is 2.59 bits per heavy atom. The lowest BCUT2D eigenvalue weighted by atomic mass is 10.3. The minimum absolute atomic E-state index is 0.0929. The number of para-hydroxylation sites is 1. The topological polar surface area (TPSA) is 21.3 Å². The molecule has 0 atom stereocenters. The zero-order valence-corrected chi connectivity index (χ0v) is 10.2. The van der Waals surface area contributed by atoms with Crippen molar-refractivity contribution in [1.29, 1.82) is 0 Å². The number of anilines is 1. The van der Waals surface area contributed by atoms with Crippen LogP contribution in [0.2, 0.25) is 0 Å². The molecular formula is C10H10BrF4NO. The van der Waals surface area contributed by atoms with Crippen molar-refractivity contribution in [2.24, 2.45) is 0 Å². The van der Waals surface area contributed by atoms with E-state index in [9.17, 15) is 17.6 Å². The maximum atomic E-state index is 13.2. The molecule has 7 heteroatoms. The lowest BCUT2D eigenvalue weighted by Crippen LogP contribution is -2.20. The monoisotopic (exact) mass is 315 g/mol. The molecule has 0 spiro atoms. The minimum Gasteiger partial charge on any atom is -0.379 e. The Morgan fingerprint density at radius 2 is 2.00 bits per heavy atom. The summed E-state index contributed by atoms with van der Waals surface area (Å²) < 4.78 is 53.3. The third-order valence-corrected chi connectivity index (χ3v) is 2.44. The maximum Gasteiger partial charge on any atom is 0.411 e. The minimum atomic E-state index is -4.33. The molecule has 0 bridgehead atoms. The van der Waals surface area contributed by atoms with Crippen LogP contribution in [0.15, 0.2) is 22.7 Å². The second kappa shape index (κ2) is 6.20. The number of nitrogens with one attached hydrogen (secondary N) is 1. The summed E-state index contributed by atoms with van der Waals surface area (Å²) in [7, 11) is 0. The Hall–Kier alpha value is -0.820. The molecule has 0 amide bonds. The fourth-order valence-corrected chi connectivity index (χ4v) is 1.58. The van der Waals surface area contributed by atoms with E-state index >= 15 is 0 Å². The first-order chi connectivity index (χ1) is 7.90. The van der Waals surface area contributed by atoms with Crippen LogP contribution >= 0.6 is 15.9 Å². The van der Waals surface area contributed by atoms with Gasteiger partial charge in [-0.05, 0) is 28.1 Å². The van der Waals surface area contributed by atoms with E-state index in [2.05, 4.69) is 26.0 Å². The molecule has 0 aromatic heterocycles. The van der Waals surface area contributed by atoms with E-state index in [1.807, 2.05) is 0 Å². The summed E-state index contributed by atoms with van der Waals surface area (Å²) in [5.74, 6) is -0.477. The van der Waals surface area contributed by atoms with Gasteiger partial charge in [-0.3, -0.25) is 0 Å². The fraction of sp³-hybridized carbons (Fsp3) is 0.400. The van der Waals surface area contributed by atoms with Crippen molar-refractivity contribution in [2.45, 2.75) is 6.18 Å². The SMILES string of the molecule is Fc1cccc(Br)c1NCCOCC(F)(F)F. The molecule has 0 fully saturated rings. The van der Waals surface area contributed by atoms with Gasteiger partial charge in [0.2, 0.25) is 0 Å². The highest BCUT2D eigenvalue weighted by Gasteiger charge is 2.27. The second-order valence-corrected chi connectivity index (χ2v) is 4.05. The smallest absolute Gasteiger partial charge is 0.379 e. The Morgan fingerprint density at radius 1 is 1.29 bits per heavy atom. The zero-order chi connectivity index (χ0) is 12.9. The molecule has 0 saturated carbocycles. The number of hydrogen-bond donors (Lipinski definition) is 1. The quantitative estimate of drug-likeness (QED) is 0.662. The molecule has 96 valence electrons. The van der Waals surface area contributed by atoms with Gasteiger partial charge in [-0.25, -0.2) is 4.39 Å². The molecule has 1 aromatic rings. The summed E-state index contributed by atoms with van der Waals surface area (Å²) in [5.41, 5.74) is 0.211. The van der Waals surface area contributed by atoms with Gasteiger partial charge in [0.1, 0.15) is 12.4 Å². The van der Waals surface area contributed by atoms with E-state index in [0.717, 1.165) is 0 Å². The molecule has 0 radical (unpaired) electrons. The van der Waals surface area contributed by atoms with E-state index < -0.39 is 18.6 Å². The zero-order valence-electron chi connectivity index (χ0n) is 8.65. The Bertz CT molecular complexity index is 350. The number of alkyl halides is 3. The van der Waals surface area contributed by atoms with Crippen LogP contribution in [0.3, 0.4) is 0 Å². The third-order valence-electron chi connectivity index (χ3n) is 1.78. The molecule has 0 saturated heterocycles. The number of halogens is 5. The summed E-state index contributed by atoms with van der Waals surface area (Å²) in [4.78, 5) is 0. The molecule has 0 aliphatic carbocycles. The van der Waals surface area contributed by atoms with Gasteiger partial charge < -0.3 is 10.1 Å². The van der Waals surface area contributed by atoms with Crippen molar-refractivity contribution < 1.29 is 22.3 Å². The fourth-order valence-electron chi connectivity index (χ4n) is 1.10. The van der Waals surface area contributed by atoms with Gasteiger partial charge in [0, 0.05) is 11.0 Å². The van der Waals surface area contributed by atoms with Crippen LogP contribution in [-0.4, -0.2) is 25.9 Å². The van der Waals surface area contributed by atoms with E-state index in [0.29, 0.717) is 4.47 Å². The molecule has 0 aliphatic rings. The van der Waals surface area contributed by atoms with Crippen LogP contribution in [0, 0.1) is 5.82 Å². The van der Waals surface area contributed by atoms with Crippen LogP contribution in [0.25, 0.3) is 0 Å². The van der Waals surface area contributed by atoms with Crippen LogP contribution in [0.5, 0.6) is 0 Å². The van der Waals surface area contributed by atoms with E-state index in [1.54, 1.807) is 6.07 Å². The first kappa shape index (κ1) is 14.2. The summed E-state index contributed by atoms with van der Waals surface area (Å²) >= 11 is 3.12. The van der Waals surface area contributed by atoms with Gasteiger partial charge in [-0.1, -0.05) is 6.07 Å². The molecule has 1 N–H and O–H groups in total. The van der Waals surface area contributed by atoms with Crippen molar-refractivity contribution in [3.63, 3.8) is 0 Å². The first-order valence-electron chi connectivity index (χ1n) is 4.72. The summed E-state index contributed by atoms with van der Waals surface area (Å²) in [6.45, 7) is -1.36. The van der Waals surface area contributed by atoms with Crippen LogP contribution in [-0.2, 0) is 4.74 Å². The highest BCUT2D eigenvalue weighted by molar-refractivity contribution is 9.10. The average Bonchev–Trinajstić information content (AvgIpc) is 2.20. The number of benzene rings is 1. The van der Waals surface area contributed by atoms with Crippen LogP contribution in [0.4, 0.5) is 23.2 Å².